The molecule has 0 saturated carbocycles. The van der Waals surface area contributed by atoms with E-state index in [0.717, 1.165) is 6.08 Å². The third-order valence-electron chi connectivity index (χ3n) is 0.0833. The van der Waals surface area contributed by atoms with Crippen LogP contribution in [-0.2, 0) is 107 Å². The quantitative estimate of drug-likeness (QED) is 0.349. The first-order valence-electron chi connectivity index (χ1n) is 0.901. The van der Waals surface area contributed by atoms with E-state index in [1.54, 1.807) is 0 Å². The van der Waals surface area contributed by atoms with Gasteiger partial charge in [0.25, 0.3) is 0 Å². The Hall–Kier alpha value is 2.50. The summed E-state index contributed by atoms with van der Waals surface area (Å²) in [6.45, 7) is 3.06. The van der Waals surface area contributed by atoms with Crippen LogP contribution < -0.4 is 0 Å². The number of rotatable bonds is 1. The van der Waals surface area contributed by atoms with Gasteiger partial charge in [-0.1, -0.05) is 0 Å². The van der Waals surface area contributed by atoms with Crippen molar-refractivity contribution in [1.82, 2.24) is 0 Å². The Balaban J connectivity index is -0.00000000300. The van der Waals surface area contributed by atoms with Gasteiger partial charge in [0.2, 0.25) is 0 Å². The van der Waals surface area contributed by atoms with E-state index in [2.05, 4.69) is 6.58 Å². The predicted octanol–water partition coefficient (Wildman–Crippen LogP) is 0.267. The Morgan fingerprint density at radius 3 is 1.20 bits per heavy atom. The fourth-order valence-corrected chi connectivity index (χ4v) is 0. The van der Waals surface area contributed by atoms with E-state index in [1.165, 1.54) is 6.29 Å². The van der Waals surface area contributed by atoms with Crippen LogP contribution in [0.4, 0.5) is 0 Å². The number of allylic oxidation sites excluding steroid dienone is 1. The van der Waals surface area contributed by atoms with Crippen LogP contribution in [-0.4, -0.2) is 6.29 Å². The van der Waals surface area contributed by atoms with Gasteiger partial charge >= 0.3 is 0 Å². The zero-order valence-corrected chi connectivity index (χ0v) is 10.7. The number of hydrogen-bond acceptors (Lipinski definition) is 1. The Bertz CT molecular complexity index is 43.5. The fraction of sp³-hybridized carbons (Fsp3) is 0. The third kappa shape index (κ3) is 77.3. The van der Waals surface area contributed by atoms with Gasteiger partial charge in [0, 0.05) is 102 Å². The molecule has 0 saturated heterocycles. The molecule has 0 rings (SSSR count). The maximum absolute atomic E-state index is 8.93. The van der Waals surface area contributed by atoms with Crippen molar-refractivity contribution in [3.63, 3.8) is 0 Å². The van der Waals surface area contributed by atoms with Crippen LogP contribution in [0.2, 0.25) is 0 Å². The fourth-order valence-electron chi connectivity index (χ4n) is 0. The first-order chi connectivity index (χ1) is 1.91. The van der Waals surface area contributed by atoms with Crippen molar-refractivity contribution < 1.29 is 107 Å². The zero-order valence-electron chi connectivity index (χ0n) is 4.24. The summed E-state index contributed by atoms with van der Waals surface area (Å²) >= 11 is 0. The molecule has 0 unspecified atom stereocenters. The second-order valence-corrected chi connectivity index (χ2v) is 0.322. The molecule has 0 heterocycles. The third-order valence-corrected chi connectivity index (χ3v) is 0.0833. The first kappa shape index (κ1) is 54.6. The van der Waals surface area contributed by atoms with Gasteiger partial charge in [-0.05, 0) is 6.29 Å². The molecular weight excluding hydrogens is 401 g/mol. The normalized spacial score (nSPS) is 2.00. The van der Waals surface area contributed by atoms with E-state index in [-0.39, 0.29) is 102 Å². The minimum absolute atomic E-state index is 0. The van der Waals surface area contributed by atoms with Crippen molar-refractivity contribution in [2.45, 2.75) is 0 Å². The molecule has 0 aliphatic rings. The number of hydrogen-bond donors (Lipinski definition) is 0. The molecule has 0 spiro atoms. The van der Waals surface area contributed by atoms with E-state index >= 15 is 0 Å². The molecule has 0 aromatic carbocycles. The smallest absolute Gasteiger partial charge is 0 e. The van der Waals surface area contributed by atoms with E-state index in [4.69, 9.17) is 4.79 Å². The predicted molar refractivity (Wildman–Crippen MR) is 15.9 cm³/mol. The molecule has 0 aliphatic heterocycles. The Kier molecular flexibility index (Phi) is 342. The average molecular weight is 404 g/mol. The van der Waals surface area contributed by atoms with Crippen LogP contribution in [0.5, 0.6) is 0 Å². The molecule has 0 atom stereocenters. The van der Waals surface area contributed by atoms with Crippen molar-refractivity contribution >= 4 is 6.29 Å². The summed E-state index contributed by atoms with van der Waals surface area (Å²) in [5.41, 5.74) is 0. The molecule has 0 aromatic rings. The molecule has 0 amide bonds. The van der Waals surface area contributed by atoms with Crippen LogP contribution in [0.1, 0.15) is 0 Å². The average Bonchev–Trinajstić information content (AvgIpc) is 1.37. The van der Waals surface area contributed by atoms with Crippen molar-refractivity contribution in [1.29, 1.82) is 0 Å². The van der Waals surface area contributed by atoms with Crippen molar-refractivity contribution in [3.05, 3.63) is 12.7 Å². The molecule has 0 fully saturated rings. The second kappa shape index (κ2) is 62.6. The maximum atomic E-state index is 8.93. The van der Waals surface area contributed by atoms with Gasteiger partial charge in [-0.15, -0.1) is 0 Å². The van der Waals surface area contributed by atoms with E-state index in [0.29, 0.717) is 0 Å². The molecule has 0 aromatic heterocycles. The Labute approximate surface area is 124 Å². The summed E-state index contributed by atoms with van der Waals surface area (Å²) in [4.78, 5) is 8.93. The molecule has 0 bridgehead atoms. The molecule has 0 N–H and O–H groups in total. The molecule has 1 nitrogen and oxygen atoms in total. The summed E-state index contributed by atoms with van der Waals surface area (Å²) in [6, 6.07) is 0. The summed E-state index contributed by atoms with van der Waals surface area (Å²) in [5.74, 6) is 0. The van der Waals surface area contributed by atoms with Crippen molar-refractivity contribution in [2.24, 2.45) is 0 Å². The van der Waals surface area contributed by atoms with Crippen molar-refractivity contribution in [2.75, 3.05) is 0 Å². The van der Waals surface area contributed by atoms with Gasteiger partial charge in [0.05, 0.1) is 0 Å². The van der Waals surface area contributed by atoms with Crippen LogP contribution in [0.3, 0.4) is 0 Å². The largest absolute Gasteiger partial charge is 0.419 e. The van der Waals surface area contributed by atoms with Crippen LogP contribution in [0.25, 0.3) is 0 Å². The molecular formula is C3H3Cr2Cu2Ni2O-. The molecule has 2 radical (unpaired) electrons. The summed E-state index contributed by atoms with van der Waals surface area (Å²) < 4.78 is 0. The molecule has 10 heavy (non-hydrogen) atoms. The number of carbonyl (C=O) groups excluding carboxylic acids is 1. The monoisotopic (exact) mass is 401 g/mol. The molecule has 7 heteroatoms. The van der Waals surface area contributed by atoms with Gasteiger partial charge in [-0.25, -0.2) is 12.7 Å². The summed E-state index contributed by atoms with van der Waals surface area (Å²) in [5, 5.41) is 0. The minimum atomic E-state index is 0. The van der Waals surface area contributed by atoms with Gasteiger partial charge in [-0.3, -0.25) is 0 Å². The second-order valence-electron chi connectivity index (χ2n) is 0.322. The Morgan fingerprint density at radius 1 is 1.10 bits per heavy atom. The van der Waals surface area contributed by atoms with Gasteiger partial charge < -0.3 is 4.79 Å². The van der Waals surface area contributed by atoms with Crippen LogP contribution >= 0.6 is 0 Å². The zero-order chi connectivity index (χ0) is 3.41. The Morgan fingerprint density at radius 2 is 1.20 bits per heavy atom. The van der Waals surface area contributed by atoms with Crippen molar-refractivity contribution in [3.8, 4) is 0 Å². The van der Waals surface area contributed by atoms with E-state index in [9.17, 15) is 0 Å². The topological polar surface area (TPSA) is 17.1 Å². The van der Waals surface area contributed by atoms with Crippen LogP contribution in [0.15, 0.2) is 12.7 Å². The van der Waals surface area contributed by atoms with Crippen LogP contribution in [0, 0.1) is 0 Å². The van der Waals surface area contributed by atoms with Gasteiger partial charge in [-0.2, -0.15) is 0 Å². The van der Waals surface area contributed by atoms with Gasteiger partial charge in [0.1, 0.15) is 0 Å². The summed E-state index contributed by atoms with van der Waals surface area (Å²) in [7, 11) is 0. The minimum Gasteiger partial charge on any atom is -0.419 e. The standard InChI is InChI=1S/C3H3O.2Cr.2Cu.2Ni/c1-2-3-4;;;;;;/h2H,1H2;;;;;;/q-1;;;;;;. The summed E-state index contributed by atoms with van der Waals surface area (Å²) in [6.07, 6.45) is 2.51. The van der Waals surface area contributed by atoms with E-state index in [1.807, 2.05) is 0 Å². The maximum Gasteiger partial charge on any atom is 0 e. The molecule has 0 aliphatic carbocycles. The van der Waals surface area contributed by atoms with Gasteiger partial charge in [0.15, 0.2) is 0 Å². The molecule has 76 valence electrons. The SMILES string of the molecule is C=C[C-]=O.[Cr].[Cr].[Cu].[Cu].[Ni].[Ni]. The first-order valence-corrected chi connectivity index (χ1v) is 0.901. The van der Waals surface area contributed by atoms with E-state index < -0.39 is 0 Å².